The molecule has 1 saturated carbocycles. The normalized spacial score (nSPS) is 38.7. The zero-order chi connectivity index (χ0) is 7.07. The molecule has 0 radical (unpaired) electrons. The van der Waals surface area contributed by atoms with Crippen LogP contribution in [0, 0.1) is 11.3 Å². The van der Waals surface area contributed by atoms with Gasteiger partial charge in [0.2, 0.25) is 0 Å². The molecule has 0 amide bonds. The Morgan fingerprint density at radius 3 is 2.11 bits per heavy atom. The molecule has 1 unspecified atom stereocenters. The van der Waals surface area contributed by atoms with Gasteiger partial charge in [0.25, 0.3) is 0 Å². The molecule has 0 bridgehead atoms. The van der Waals surface area contributed by atoms with Gasteiger partial charge in [-0.3, -0.25) is 0 Å². The van der Waals surface area contributed by atoms with Crippen molar-refractivity contribution in [2.75, 3.05) is 6.73 Å². The molecule has 0 heterocycles. The molecular weight excluding hydrogens is 114 g/mol. The van der Waals surface area contributed by atoms with E-state index < -0.39 is 0 Å². The summed E-state index contributed by atoms with van der Waals surface area (Å²) in [7, 11) is 0. The summed E-state index contributed by atoms with van der Waals surface area (Å²) < 4.78 is 5.26. The summed E-state index contributed by atoms with van der Waals surface area (Å²) in [6.07, 6.45) is 0.405. The molecule has 0 aromatic heterocycles. The van der Waals surface area contributed by atoms with E-state index in [2.05, 4.69) is 20.8 Å². The van der Waals surface area contributed by atoms with Crippen LogP contribution < -0.4 is 5.73 Å². The minimum atomic E-state index is 0.360. The topological polar surface area (TPSA) is 35.2 Å². The molecule has 1 fully saturated rings. The molecule has 2 nitrogen and oxygen atoms in total. The number of ether oxygens (including phenoxy) is 1. The molecule has 9 heavy (non-hydrogen) atoms. The van der Waals surface area contributed by atoms with E-state index in [1.807, 2.05) is 0 Å². The first-order valence-electron chi connectivity index (χ1n) is 3.42. The Morgan fingerprint density at radius 1 is 1.56 bits per heavy atom. The highest BCUT2D eigenvalue weighted by Gasteiger charge is 2.55. The van der Waals surface area contributed by atoms with Crippen LogP contribution in [-0.4, -0.2) is 12.8 Å². The molecule has 1 aliphatic rings. The van der Waals surface area contributed by atoms with Crippen LogP contribution in [0.4, 0.5) is 0 Å². The lowest BCUT2D eigenvalue weighted by atomic mass is 10.1. The predicted molar refractivity (Wildman–Crippen MR) is 36.9 cm³/mol. The molecule has 1 aliphatic carbocycles. The third kappa shape index (κ3) is 0.970. The van der Waals surface area contributed by atoms with E-state index in [9.17, 15) is 0 Å². The summed E-state index contributed by atoms with van der Waals surface area (Å²) in [5.74, 6) is 0.682. The van der Waals surface area contributed by atoms with Crippen LogP contribution in [0.25, 0.3) is 0 Å². The van der Waals surface area contributed by atoms with Gasteiger partial charge in [0.1, 0.15) is 0 Å². The van der Waals surface area contributed by atoms with Crippen molar-refractivity contribution >= 4 is 0 Å². The number of nitrogens with two attached hydrogens (primary N) is 1. The average Bonchev–Trinajstić information content (AvgIpc) is 2.19. The maximum Gasteiger partial charge on any atom is 0.0944 e. The second-order valence-corrected chi connectivity index (χ2v) is 3.36. The van der Waals surface area contributed by atoms with Gasteiger partial charge in [-0.05, 0) is 11.3 Å². The lowest BCUT2D eigenvalue weighted by molar-refractivity contribution is 0.0978. The van der Waals surface area contributed by atoms with Crippen LogP contribution in [0.1, 0.15) is 20.8 Å². The largest absolute Gasteiger partial charge is 0.362 e. The summed E-state index contributed by atoms with van der Waals surface area (Å²) in [5.41, 5.74) is 5.60. The third-order valence-corrected chi connectivity index (χ3v) is 2.53. The van der Waals surface area contributed by atoms with Crippen LogP contribution in [-0.2, 0) is 4.74 Å². The van der Waals surface area contributed by atoms with Gasteiger partial charge in [-0.25, -0.2) is 0 Å². The molecule has 1 rings (SSSR count). The Kier molecular flexibility index (Phi) is 1.53. The summed E-state index contributed by atoms with van der Waals surface area (Å²) in [6, 6.07) is 0. The fourth-order valence-electron chi connectivity index (χ4n) is 1.30. The molecule has 0 aliphatic heterocycles. The van der Waals surface area contributed by atoms with Crippen molar-refractivity contribution in [3.8, 4) is 0 Å². The van der Waals surface area contributed by atoms with Crippen molar-refractivity contribution in [3.05, 3.63) is 0 Å². The Morgan fingerprint density at radius 2 is 2.00 bits per heavy atom. The SMILES string of the molecule is CC1[C@H](OCN)C1(C)C. The number of hydrogen-bond acceptors (Lipinski definition) is 2. The molecule has 2 heteroatoms. The van der Waals surface area contributed by atoms with Crippen LogP contribution >= 0.6 is 0 Å². The standard InChI is InChI=1S/C7H15NO/c1-5-6(9-4-8)7(5,2)3/h5-6H,4,8H2,1-3H3/t5?,6-/m0/s1. The van der Waals surface area contributed by atoms with Crippen LogP contribution in [0.3, 0.4) is 0 Å². The van der Waals surface area contributed by atoms with Gasteiger partial charge in [-0.1, -0.05) is 20.8 Å². The molecule has 2 atom stereocenters. The van der Waals surface area contributed by atoms with Gasteiger partial charge >= 0.3 is 0 Å². The second-order valence-electron chi connectivity index (χ2n) is 3.36. The average molecular weight is 129 g/mol. The van der Waals surface area contributed by atoms with Gasteiger partial charge in [0, 0.05) is 0 Å². The molecule has 54 valence electrons. The predicted octanol–water partition coefficient (Wildman–Crippen LogP) is 0.964. The van der Waals surface area contributed by atoms with Crippen molar-refractivity contribution in [3.63, 3.8) is 0 Å². The van der Waals surface area contributed by atoms with Crippen LogP contribution in [0.2, 0.25) is 0 Å². The van der Waals surface area contributed by atoms with Crippen molar-refractivity contribution < 1.29 is 4.74 Å². The van der Waals surface area contributed by atoms with Crippen LogP contribution in [0.5, 0.6) is 0 Å². The van der Waals surface area contributed by atoms with E-state index in [-0.39, 0.29) is 0 Å². The van der Waals surface area contributed by atoms with Crippen molar-refractivity contribution in [2.45, 2.75) is 26.9 Å². The molecule has 0 spiro atoms. The van der Waals surface area contributed by atoms with E-state index in [1.54, 1.807) is 0 Å². The summed E-state index contributed by atoms with van der Waals surface area (Å²) in [6.45, 7) is 6.97. The summed E-state index contributed by atoms with van der Waals surface area (Å²) in [4.78, 5) is 0. The van der Waals surface area contributed by atoms with Gasteiger partial charge in [-0.2, -0.15) is 0 Å². The number of rotatable bonds is 2. The van der Waals surface area contributed by atoms with E-state index in [0.29, 0.717) is 24.2 Å². The highest BCUT2D eigenvalue weighted by molar-refractivity contribution is 5.04. The lowest BCUT2D eigenvalue weighted by Gasteiger charge is -2.00. The Bertz CT molecular complexity index is 111. The quantitative estimate of drug-likeness (QED) is 0.564. The van der Waals surface area contributed by atoms with Crippen molar-refractivity contribution in [1.82, 2.24) is 0 Å². The maximum absolute atomic E-state index is 5.26. The van der Waals surface area contributed by atoms with Crippen LogP contribution in [0.15, 0.2) is 0 Å². The van der Waals surface area contributed by atoms with Crippen molar-refractivity contribution in [2.24, 2.45) is 17.1 Å². The Hall–Kier alpha value is -0.0800. The highest BCUT2D eigenvalue weighted by atomic mass is 16.5. The molecule has 0 aromatic rings. The summed E-state index contributed by atoms with van der Waals surface area (Å²) >= 11 is 0. The summed E-state index contributed by atoms with van der Waals surface area (Å²) in [5, 5.41) is 0. The number of hydrogen-bond donors (Lipinski definition) is 1. The maximum atomic E-state index is 5.26. The fraction of sp³-hybridized carbons (Fsp3) is 1.00. The third-order valence-electron chi connectivity index (χ3n) is 2.53. The highest BCUT2D eigenvalue weighted by Crippen LogP contribution is 2.53. The van der Waals surface area contributed by atoms with Gasteiger partial charge in [0.15, 0.2) is 0 Å². The van der Waals surface area contributed by atoms with Crippen molar-refractivity contribution in [1.29, 1.82) is 0 Å². The lowest BCUT2D eigenvalue weighted by Crippen LogP contribution is -2.09. The molecule has 0 aromatic carbocycles. The van der Waals surface area contributed by atoms with Gasteiger partial charge in [0.05, 0.1) is 12.8 Å². The molecule has 0 saturated heterocycles. The van der Waals surface area contributed by atoms with E-state index in [0.717, 1.165) is 0 Å². The first-order chi connectivity index (χ1) is 4.10. The van der Waals surface area contributed by atoms with Gasteiger partial charge in [-0.15, -0.1) is 0 Å². The van der Waals surface area contributed by atoms with Gasteiger partial charge < -0.3 is 10.5 Å². The second kappa shape index (κ2) is 1.96. The molecular formula is C7H15NO. The zero-order valence-electron chi connectivity index (χ0n) is 6.35. The Labute approximate surface area is 56.4 Å². The molecule has 2 N–H and O–H groups in total. The first-order valence-corrected chi connectivity index (χ1v) is 3.42. The van der Waals surface area contributed by atoms with E-state index >= 15 is 0 Å². The monoisotopic (exact) mass is 129 g/mol. The minimum absolute atomic E-state index is 0.360. The Balaban J connectivity index is 2.33. The smallest absolute Gasteiger partial charge is 0.0944 e. The minimum Gasteiger partial charge on any atom is -0.362 e. The van der Waals surface area contributed by atoms with E-state index in [4.69, 9.17) is 10.5 Å². The zero-order valence-corrected chi connectivity index (χ0v) is 6.35. The first kappa shape index (κ1) is 7.03. The van der Waals surface area contributed by atoms with E-state index in [1.165, 1.54) is 0 Å². The fourth-order valence-corrected chi connectivity index (χ4v) is 1.30.